The summed E-state index contributed by atoms with van der Waals surface area (Å²) in [6.07, 6.45) is 2.99. The Morgan fingerprint density at radius 2 is 2.28 bits per heavy atom. The third-order valence-corrected chi connectivity index (χ3v) is 3.56. The first-order chi connectivity index (χ1) is 8.60. The maximum absolute atomic E-state index is 11.5. The van der Waals surface area contributed by atoms with Gasteiger partial charge in [0, 0.05) is 30.8 Å². The molecular formula is C14H21N3O. The quantitative estimate of drug-likeness (QED) is 0.821. The van der Waals surface area contributed by atoms with Gasteiger partial charge in [-0.2, -0.15) is 0 Å². The van der Waals surface area contributed by atoms with E-state index in [2.05, 4.69) is 27.9 Å². The molecule has 1 aromatic heterocycles. The number of carbonyl (C=O) groups excluding carboxylic acids is 1. The van der Waals surface area contributed by atoms with Crippen molar-refractivity contribution in [3.05, 3.63) is 17.6 Å². The van der Waals surface area contributed by atoms with E-state index in [0.29, 0.717) is 5.78 Å². The lowest BCUT2D eigenvalue weighted by atomic mass is 9.94. The van der Waals surface area contributed by atoms with Crippen LogP contribution in [0, 0.1) is 12.8 Å². The number of rotatable bonds is 3. The summed E-state index contributed by atoms with van der Waals surface area (Å²) in [6.45, 7) is 7.50. The first kappa shape index (κ1) is 13.0. The minimum atomic E-state index is 0.166. The van der Waals surface area contributed by atoms with Crippen molar-refractivity contribution < 1.29 is 4.79 Å². The molecular weight excluding hydrogens is 226 g/mol. The smallest absolute Gasteiger partial charge is 0.134 e. The summed E-state index contributed by atoms with van der Waals surface area (Å²) >= 11 is 0. The number of hydrogen-bond acceptors (Lipinski definition) is 4. The lowest BCUT2D eigenvalue weighted by Crippen LogP contribution is -2.38. The number of nitrogens with zero attached hydrogens (tertiary/aromatic N) is 3. The van der Waals surface area contributed by atoms with Gasteiger partial charge in [0.25, 0.3) is 0 Å². The Bertz CT molecular complexity index is 445. The van der Waals surface area contributed by atoms with E-state index in [0.717, 1.165) is 49.7 Å². The molecule has 1 aliphatic heterocycles. The van der Waals surface area contributed by atoms with Crippen molar-refractivity contribution in [2.24, 2.45) is 5.92 Å². The molecule has 1 saturated heterocycles. The number of ketones is 1. The Morgan fingerprint density at radius 1 is 1.50 bits per heavy atom. The predicted molar refractivity (Wildman–Crippen MR) is 71.8 cm³/mol. The number of piperidine rings is 1. The second kappa shape index (κ2) is 5.46. The average Bonchev–Trinajstić information content (AvgIpc) is 2.38. The summed E-state index contributed by atoms with van der Waals surface area (Å²) < 4.78 is 0. The average molecular weight is 247 g/mol. The maximum atomic E-state index is 11.5. The van der Waals surface area contributed by atoms with Crippen LogP contribution in [0.4, 0.5) is 5.82 Å². The number of anilines is 1. The molecule has 1 atom stereocenters. The zero-order valence-electron chi connectivity index (χ0n) is 11.4. The van der Waals surface area contributed by atoms with Crippen LogP contribution in [0.2, 0.25) is 0 Å². The molecule has 18 heavy (non-hydrogen) atoms. The number of hydrogen-bond donors (Lipinski definition) is 0. The van der Waals surface area contributed by atoms with Crippen molar-refractivity contribution in [1.82, 2.24) is 9.97 Å². The Balaban J connectivity index is 2.20. The summed E-state index contributed by atoms with van der Waals surface area (Å²) in [4.78, 5) is 22.6. The molecule has 0 aliphatic carbocycles. The van der Waals surface area contributed by atoms with Gasteiger partial charge in [0.1, 0.15) is 17.4 Å². The first-order valence-electron chi connectivity index (χ1n) is 6.70. The van der Waals surface area contributed by atoms with Gasteiger partial charge in [-0.15, -0.1) is 0 Å². The molecule has 0 amide bonds. The molecule has 2 rings (SSSR count). The van der Waals surface area contributed by atoms with Crippen molar-refractivity contribution in [3.8, 4) is 0 Å². The number of aryl methyl sites for hydroxylation is 2. The summed E-state index contributed by atoms with van der Waals surface area (Å²) in [6, 6.07) is 2.05. The lowest BCUT2D eigenvalue weighted by Gasteiger charge is -2.32. The molecule has 0 N–H and O–H groups in total. The van der Waals surface area contributed by atoms with Crippen LogP contribution in [0.15, 0.2) is 6.07 Å². The van der Waals surface area contributed by atoms with E-state index in [4.69, 9.17) is 0 Å². The zero-order chi connectivity index (χ0) is 13.1. The highest BCUT2D eigenvalue weighted by molar-refractivity contribution is 5.79. The molecule has 2 heterocycles. The molecule has 1 fully saturated rings. The van der Waals surface area contributed by atoms with Crippen molar-refractivity contribution >= 4 is 11.6 Å². The van der Waals surface area contributed by atoms with Gasteiger partial charge in [-0.05, 0) is 33.1 Å². The van der Waals surface area contributed by atoms with Crippen LogP contribution in [-0.4, -0.2) is 28.8 Å². The Morgan fingerprint density at radius 3 is 2.94 bits per heavy atom. The fourth-order valence-electron chi connectivity index (χ4n) is 2.47. The van der Waals surface area contributed by atoms with Crippen molar-refractivity contribution in [3.63, 3.8) is 0 Å². The zero-order valence-corrected chi connectivity index (χ0v) is 11.4. The summed E-state index contributed by atoms with van der Waals surface area (Å²) in [5.74, 6) is 2.25. The largest absolute Gasteiger partial charge is 0.356 e. The molecule has 0 saturated carbocycles. The van der Waals surface area contributed by atoms with E-state index in [1.807, 2.05) is 6.92 Å². The Kier molecular flexibility index (Phi) is 3.94. The molecule has 4 heteroatoms. The van der Waals surface area contributed by atoms with Crippen molar-refractivity contribution in [1.29, 1.82) is 0 Å². The second-order valence-corrected chi connectivity index (χ2v) is 5.01. The van der Waals surface area contributed by atoms with Gasteiger partial charge in [0.15, 0.2) is 0 Å². The topological polar surface area (TPSA) is 46.1 Å². The van der Waals surface area contributed by atoms with Crippen molar-refractivity contribution in [2.45, 2.75) is 40.0 Å². The minimum absolute atomic E-state index is 0.166. The third-order valence-electron chi connectivity index (χ3n) is 3.56. The van der Waals surface area contributed by atoms with Crippen molar-refractivity contribution in [2.75, 3.05) is 18.0 Å². The van der Waals surface area contributed by atoms with E-state index in [1.54, 1.807) is 6.92 Å². The molecule has 0 bridgehead atoms. The predicted octanol–water partition coefficient (Wildman–Crippen LogP) is 2.15. The van der Waals surface area contributed by atoms with Gasteiger partial charge in [-0.3, -0.25) is 4.79 Å². The molecule has 4 nitrogen and oxygen atoms in total. The SMILES string of the molecule is CCc1cc(N2CCCC(C(C)=O)C2)nc(C)n1. The molecule has 98 valence electrons. The second-order valence-electron chi connectivity index (χ2n) is 5.01. The van der Waals surface area contributed by atoms with Crippen LogP contribution in [0.5, 0.6) is 0 Å². The summed E-state index contributed by atoms with van der Waals surface area (Å²) in [5, 5.41) is 0. The molecule has 0 spiro atoms. The highest BCUT2D eigenvalue weighted by Crippen LogP contribution is 2.22. The van der Waals surface area contributed by atoms with E-state index >= 15 is 0 Å². The number of Topliss-reactive ketones (excluding diaryl/α,β-unsaturated/α-hetero) is 1. The molecule has 1 aromatic rings. The van der Waals surface area contributed by atoms with Crippen LogP contribution in [0.25, 0.3) is 0 Å². The van der Waals surface area contributed by atoms with E-state index in [9.17, 15) is 4.79 Å². The molecule has 1 aliphatic rings. The maximum Gasteiger partial charge on any atom is 0.134 e. The van der Waals surface area contributed by atoms with Crippen LogP contribution < -0.4 is 4.90 Å². The minimum Gasteiger partial charge on any atom is -0.356 e. The monoisotopic (exact) mass is 247 g/mol. The summed E-state index contributed by atoms with van der Waals surface area (Å²) in [5.41, 5.74) is 1.07. The van der Waals surface area contributed by atoms with Crippen LogP contribution in [0.3, 0.4) is 0 Å². The Hall–Kier alpha value is -1.45. The molecule has 1 unspecified atom stereocenters. The standard InChI is InChI=1S/C14H21N3O/c1-4-13-8-14(16-11(3)15-13)17-7-5-6-12(9-17)10(2)18/h8,12H,4-7,9H2,1-3H3. The van der Waals surface area contributed by atoms with Gasteiger partial charge in [-0.1, -0.05) is 6.92 Å². The molecule has 0 aromatic carbocycles. The van der Waals surface area contributed by atoms with E-state index in [1.165, 1.54) is 0 Å². The van der Waals surface area contributed by atoms with Crippen LogP contribution in [0.1, 0.15) is 38.2 Å². The highest BCUT2D eigenvalue weighted by Gasteiger charge is 2.24. The number of carbonyl (C=O) groups is 1. The highest BCUT2D eigenvalue weighted by atomic mass is 16.1. The summed E-state index contributed by atoms with van der Waals surface area (Å²) in [7, 11) is 0. The molecule has 0 radical (unpaired) electrons. The third kappa shape index (κ3) is 2.86. The van der Waals surface area contributed by atoms with Gasteiger partial charge < -0.3 is 4.90 Å². The van der Waals surface area contributed by atoms with Crippen LogP contribution >= 0.6 is 0 Å². The Labute approximate surface area is 108 Å². The van der Waals surface area contributed by atoms with E-state index < -0.39 is 0 Å². The van der Waals surface area contributed by atoms with Gasteiger partial charge in [0.2, 0.25) is 0 Å². The first-order valence-corrected chi connectivity index (χ1v) is 6.70. The normalized spacial score (nSPS) is 19.9. The number of aromatic nitrogens is 2. The lowest BCUT2D eigenvalue weighted by molar-refractivity contribution is -0.120. The fraction of sp³-hybridized carbons (Fsp3) is 0.643. The van der Waals surface area contributed by atoms with Gasteiger partial charge in [0.05, 0.1) is 0 Å². The van der Waals surface area contributed by atoms with Crippen LogP contribution in [-0.2, 0) is 11.2 Å². The van der Waals surface area contributed by atoms with E-state index in [-0.39, 0.29) is 5.92 Å². The van der Waals surface area contributed by atoms with Gasteiger partial charge in [-0.25, -0.2) is 9.97 Å². The van der Waals surface area contributed by atoms with Gasteiger partial charge >= 0.3 is 0 Å². The fourth-order valence-corrected chi connectivity index (χ4v) is 2.47.